The van der Waals surface area contributed by atoms with Gasteiger partial charge in [-0.1, -0.05) is 17.4 Å². The largest absolute Gasteiger partial charge is 0.416 e. The quantitative estimate of drug-likeness (QED) is 0.629. The third kappa shape index (κ3) is 2.88. The maximum absolute atomic E-state index is 12.9. The van der Waals surface area contributed by atoms with Crippen LogP contribution in [0.4, 0.5) is 24.0 Å². The van der Waals surface area contributed by atoms with Gasteiger partial charge in [-0.15, -0.1) is 0 Å². The van der Waals surface area contributed by atoms with Crippen molar-refractivity contribution in [1.82, 2.24) is 10.5 Å². The van der Waals surface area contributed by atoms with Crippen LogP contribution in [-0.2, 0) is 6.18 Å². The van der Waals surface area contributed by atoms with Crippen LogP contribution in [0.15, 0.2) is 30.5 Å². The molecule has 2 aliphatic heterocycles. The van der Waals surface area contributed by atoms with Gasteiger partial charge in [0.25, 0.3) is 5.91 Å². The molecule has 2 atom stereocenters. The Bertz CT molecular complexity index is 841. The molecule has 6 nitrogen and oxygen atoms in total. The number of aromatic nitrogens is 1. The Morgan fingerprint density at radius 2 is 2.00 bits per heavy atom. The number of anilines is 2. The number of piperazine rings is 1. The molecule has 0 unspecified atom stereocenters. The number of hydrogen-bond donors (Lipinski definition) is 2. The van der Waals surface area contributed by atoms with Gasteiger partial charge in [-0.05, 0) is 24.6 Å². The molecule has 10 heteroatoms. The lowest BCUT2D eigenvalue weighted by Crippen LogP contribution is -2.46. The number of benzene rings is 1. The monoisotopic (exact) mass is 384 g/mol. The highest BCUT2D eigenvalue weighted by Crippen LogP contribution is 2.40. The predicted octanol–water partition coefficient (Wildman–Crippen LogP) is 2.75. The molecule has 2 fully saturated rings. The van der Waals surface area contributed by atoms with E-state index in [-0.39, 0.29) is 12.1 Å². The number of hydrogen-bond acceptors (Lipinski definition) is 6. The van der Waals surface area contributed by atoms with Gasteiger partial charge >= 0.3 is 6.18 Å². The molecule has 2 aliphatic rings. The van der Waals surface area contributed by atoms with Crippen LogP contribution in [0, 0.1) is 0 Å². The lowest BCUT2D eigenvalue weighted by atomic mass is 10.1. The normalized spacial score (nSPS) is 22.2. The summed E-state index contributed by atoms with van der Waals surface area (Å²) in [6.45, 7) is 1.24. The average Bonchev–Trinajstić information content (AvgIpc) is 3.35. The second-order valence-electron chi connectivity index (χ2n) is 6.34. The van der Waals surface area contributed by atoms with Gasteiger partial charge in [0, 0.05) is 24.8 Å². The van der Waals surface area contributed by atoms with Crippen molar-refractivity contribution in [3.05, 3.63) is 40.9 Å². The minimum atomic E-state index is -4.36. The highest BCUT2D eigenvalue weighted by Gasteiger charge is 2.44. The minimum Gasteiger partial charge on any atom is -0.365 e. The fraction of sp³-hybridized carbons (Fsp3) is 0.375. The smallest absolute Gasteiger partial charge is 0.365 e. The lowest BCUT2D eigenvalue weighted by molar-refractivity contribution is -0.137. The molecule has 1 aromatic heterocycles. The predicted molar refractivity (Wildman–Crippen MR) is 89.7 cm³/mol. The molecule has 2 bridgehead atoms. The maximum Gasteiger partial charge on any atom is 0.416 e. The average molecular weight is 384 g/mol. The van der Waals surface area contributed by atoms with Gasteiger partial charge in [0.1, 0.15) is 4.88 Å². The van der Waals surface area contributed by atoms with E-state index in [4.69, 9.17) is 5.21 Å². The van der Waals surface area contributed by atoms with E-state index < -0.39 is 17.6 Å². The molecule has 2 saturated heterocycles. The number of carbonyl (C=O) groups excluding carboxylic acids is 1. The topological polar surface area (TPSA) is 68.7 Å². The van der Waals surface area contributed by atoms with Crippen LogP contribution in [0.5, 0.6) is 0 Å². The number of amides is 1. The van der Waals surface area contributed by atoms with Gasteiger partial charge in [0.2, 0.25) is 0 Å². The number of carbonyl (C=O) groups is 1. The van der Waals surface area contributed by atoms with Crippen molar-refractivity contribution in [2.24, 2.45) is 0 Å². The van der Waals surface area contributed by atoms with Gasteiger partial charge in [0.05, 0.1) is 17.8 Å². The van der Waals surface area contributed by atoms with Crippen LogP contribution in [0.3, 0.4) is 0 Å². The molecule has 1 aromatic carbocycles. The van der Waals surface area contributed by atoms with Crippen LogP contribution >= 0.6 is 11.3 Å². The molecule has 3 heterocycles. The van der Waals surface area contributed by atoms with Crippen molar-refractivity contribution in [1.29, 1.82) is 0 Å². The van der Waals surface area contributed by atoms with E-state index in [9.17, 15) is 18.0 Å². The van der Waals surface area contributed by atoms with Crippen LogP contribution in [-0.4, -0.2) is 41.3 Å². The molecule has 138 valence electrons. The van der Waals surface area contributed by atoms with Crippen molar-refractivity contribution in [2.75, 3.05) is 22.9 Å². The molecule has 26 heavy (non-hydrogen) atoms. The van der Waals surface area contributed by atoms with Crippen molar-refractivity contribution < 1.29 is 23.2 Å². The number of rotatable bonds is 3. The third-order valence-corrected chi connectivity index (χ3v) is 5.84. The Balaban J connectivity index is 1.50. The Labute approximate surface area is 150 Å². The number of thiazole rings is 1. The van der Waals surface area contributed by atoms with E-state index >= 15 is 0 Å². The molecule has 2 aromatic rings. The maximum atomic E-state index is 12.9. The number of alkyl halides is 3. The summed E-state index contributed by atoms with van der Waals surface area (Å²) in [5, 5.41) is 9.37. The molecule has 1 amide bonds. The van der Waals surface area contributed by atoms with Crippen LogP contribution in [0.1, 0.15) is 21.7 Å². The molecule has 0 aliphatic carbocycles. The first kappa shape index (κ1) is 17.1. The molecule has 0 spiro atoms. The second kappa shape index (κ2) is 6.13. The Hall–Kier alpha value is -2.33. The van der Waals surface area contributed by atoms with Crippen LogP contribution < -0.4 is 15.3 Å². The van der Waals surface area contributed by atoms with Crippen molar-refractivity contribution in [3.8, 4) is 0 Å². The first-order chi connectivity index (χ1) is 12.4. The molecule has 0 radical (unpaired) electrons. The van der Waals surface area contributed by atoms with Crippen molar-refractivity contribution in [3.63, 3.8) is 0 Å². The zero-order valence-corrected chi connectivity index (χ0v) is 14.2. The fourth-order valence-corrected chi connectivity index (χ4v) is 4.52. The van der Waals surface area contributed by atoms with E-state index in [1.807, 2.05) is 4.90 Å². The summed E-state index contributed by atoms with van der Waals surface area (Å²) in [4.78, 5) is 20.1. The van der Waals surface area contributed by atoms with Gasteiger partial charge in [-0.2, -0.15) is 13.2 Å². The zero-order chi connectivity index (χ0) is 18.5. The standard InChI is InChI=1S/C16H15F3N4O2S/c17-16(18,19)9-2-1-3-10(4-9)22-7-12-5-11(22)8-23(12)15-20-6-13(26-15)14(24)21-25/h1-4,6,11-12,25H,5,7-8H2,(H,21,24)/t11-,12-/m0/s1. The molecule has 2 N–H and O–H groups in total. The third-order valence-electron chi connectivity index (χ3n) is 4.81. The second-order valence-corrected chi connectivity index (χ2v) is 7.35. The number of nitrogens with zero attached hydrogens (tertiary/aromatic N) is 3. The molecular weight excluding hydrogens is 369 g/mol. The van der Waals surface area contributed by atoms with Crippen LogP contribution in [0.25, 0.3) is 0 Å². The number of fused-ring (bicyclic) bond motifs is 2. The van der Waals surface area contributed by atoms with E-state index in [1.54, 1.807) is 11.5 Å². The lowest BCUT2D eigenvalue weighted by Gasteiger charge is -2.35. The summed E-state index contributed by atoms with van der Waals surface area (Å²) in [6, 6.07) is 5.63. The van der Waals surface area contributed by atoms with Crippen molar-refractivity contribution in [2.45, 2.75) is 24.7 Å². The Morgan fingerprint density at radius 1 is 1.27 bits per heavy atom. The summed E-state index contributed by atoms with van der Waals surface area (Å²) in [6.07, 6.45) is -2.12. The molecule has 0 saturated carbocycles. The highest BCUT2D eigenvalue weighted by atomic mass is 32.1. The summed E-state index contributed by atoms with van der Waals surface area (Å²) in [5.74, 6) is -0.608. The van der Waals surface area contributed by atoms with Crippen LogP contribution in [0.2, 0.25) is 0 Å². The molecule has 4 rings (SSSR count). The van der Waals surface area contributed by atoms with Crippen molar-refractivity contribution >= 4 is 28.1 Å². The number of nitrogens with one attached hydrogen (secondary N) is 1. The van der Waals surface area contributed by atoms with Gasteiger partial charge < -0.3 is 9.80 Å². The van der Waals surface area contributed by atoms with E-state index in [0.717, 1.165) is 12.5 Å². The fourth-order valence-electron chi connectivity index (χ4n) is 3.64. The number of hydroxylamine groups is 1. The summed E-state index contributed by atoms with van der Waals surface area (Å²) < 4.78 is 38.8. The summed E-state index contributed by atoms with van der Waals surface area (Å²) in [5.41, 5.74) is 1.51. The van der Waals surface area contributed by atoms with E-state index in [0.29, 0.717) is 28.8 Å². The summed E-state index contributed by atoms with van der Waals surface area (Å²) >= 11 is 1.18. The number of halogens is 3. The van der Waals surface area contributed by atoms with Gasteiger partial charge in [-0.25, -0.2) is 10.5 Å². The minimum absolute atomic E-state index is 0.0995. The first-order valence-electron chi connectivity index (χ1n) is 7.97. The van der Waals surface area contributed by atoms with Gasteiger partial charge in [-0.3, -0.25) is 10.0 Å². The SMILES string of the molecule is O=C(NO)c1cnc(N2C[C@@H]3C[C@H]2CN3c2cccc(C(F)(F)F)c2)s1. The first-order valence-corrected chi connectivity index (χ1v) is 8.79. The van der Waals surface area contributed by atoms with Gasteiger partial charge in [0.15, 0.2) is 5.13 Å². The highest BCUT2D eigenvalue weighted by molar-refractivity contribution is 7.17. The summed E-state index contributed by atoms with van der Waals surface area (Å²) in [7, 11) is 0. The Kier molecular flexibility index (Phi) is 4.03. The Morgan fingerprint density at radius 3 is 2.65 bits per heavy atom. The van der Waals surface area contributed by atoms with E-state index in [2.05, 4.69) is 9.88 Å². The molecular formula is C16H15F3N4O2S. The van der Waals surface area contributed by atoms with E-state index in [1.165, 1.54) is 29.7 Å². The zero-order valence-electron chi connectivity index (χ0n) is 13.4.